The number of nitrogens with one attached hydrogen (secondary N) is 1. The fourth-order valence-electron chi connectivity index (χ4n) is 3.34. The summed E-state index contributed by atoms with van der Waals surface area (Å²) in [7, 11) is 0. The number of aromatic nitrogens is 2. The SMILES string of the molecule is CCCn1cc(C(NCC)C(C)(CC)N(CC)CC)cn1. The van der Waals surface area contributed by atoms with Crippen LogP contribution in [0.1, 0.15) is 66.0 Å². The Morgan fingerprint density at radius 1 is 1.24 bits per heavy atom. The van der Waals surface area contributed by atoms with Crippen LogP contribution in [0, 0.1) is 0 Å². The predicted molar refractivity (Wildman–Crippen MR) is 90.6 cm³/mol. The highest BCUT2D eigenvalue weighted by Gasteiger charge is 2.38. The second-order valence-electron chi connectivity index (χ2n) is 5.91. The highest BCUT2D eigenvalue weighted by atomic mass is 15.3. The van der Waals surface area contributed by atoms with Crippen LogP contribution in [0.4, 0.5) is 0 Å². The summed E-state index contributed by atoms with van der Waals surface area (Å²) in [6.45, 7) is 17.7. The molecule has 1 aromatic heterocycles. The topological polar surface area (TPSA) is 33.1 Å². The van der Waals surface area contributed by atoms with E-state index in [1.165, 1.54) is 5.56 Å². The van der Waals surface area contributed by atoms with Crippen molar-refractivity contribution < 1.29 is 0 Å². The summed E-state index contributed by atoms with van der Waals surface area (Å²) in [5.74, 6) is 0. The molecule has 0 fully saturated rings. The molecule has 0 amide bonds. The molecule has 2 atom stereocenters. The second-order valence-corrected chi connectivity index (χ2v) is 5.91. The Morgan fingerprint density at radius 3 is 2.38 bits per heavy atom. The third-order valence-electron chi connectivity index (χ3n) is 4.67. The number of hydrogen-bond donors (Lipinski definition) is 1. The van der Waals surface area contributed by atoms with E-state index >= 15 is 0 Å². The average Bonchev–Trinajstić information content (AvgIpc) is 2.94. The van der Waals surface area contributed by atoms with Gasteiger partial charge in [-0.05, 0) is 39.4 Å². The van der Waals surface area contributed by atoms with Crippen molar-refractivity contribution in [3.8, 4) is 0 Å². The van der Waals surface area contributed by atoms with Gasteiger partial charge in [0.05, 0.1) is 12.2 Å². The number of rotatable bonds is 10. The smallest absolute Gasteiger partial charge is 0.0538 e. The first-order valence-corrected chi connectivity index (χ1v) is 8.57. The first kappa shape index (κ1) is 18.2. The first-order valence-electron chi connectivity index (χ1n) is 8.57. The molecule has 0 aliphatic rings. The van der Waals surface area contributed by atoms with Gasteiger partial charge >= 0.3 is 0 Å². The molecule has 0 aromatic carbocycles. The Morgan fingerprint density at radius 2 is 1.90 bits per heavy atom. The molecule has 4 nitrogen and oxygen atoms in total. The molecule has 1 heterocycles. The van der Waals surface area contributed by atoms with E-state index in [1.807, 2.05) is 6.20 Å². The minimum absolute atomic E-state index is 0.111. The van der Waals surface area contributed by atoms with Crippen LogP contribution in [-0.2, 0) is 6.54 Å². The summed E-state index contributed by atoms with van der Waals surface area (Å²) in [6, 6.07) is 0.318. The van der Waals surface area contributed by atoms with Gasteiger partial charge in [-0.25, -0.2) is 0 Å². The van der Waals surface area contributed by atoms with Crippen molar-refractivity contribution in [2.45, 2.75) is 72.5 Å². The molecule has 1 aromatic rings. The van der Waals surface area contributed by atoms with Gasteiger partial charge in [-0.2, -0.15) is 5.10 Å². The summed E-state index contributed by atoms with van der Waals surface area (Å²) < 4.78 is 2.07. The van der Waals surface area contributed by atoms with E-state index in [9.17, 15) is 0 Å². The van der Waals surface area contributed by atoms with E-state index in [1.54, 1.807) is 0 Å². The maximum atomic E-state index is 4.53. The molecule has 0 saturated heterocycles. The summed E-state index contributed by atoms with van der Waals surface area (Å²) >= 11 is 0. The molecule has 0 aliphatic carbocycles. The maximum Gasteiger partial charge on any atom is 0.0538 e. The molecular formula is C17H34N4. The Labute approximate surface area is 130 Å². The fraction of sp³-hybridized carbons (Fsp3) is 0.824. The quantitative estimate of drug-likeness (QED) is 0.717. The maximum absolute atomic E-state index is 4.53. The number of nitrogens with zero attached hydrogens (tertiary/aromatic N) is 3. The molecule has 21 heavy (non-hydrogen) atoms. The highest BCUT2D eigenvalue weighted by Crippen LogP contribution is 2.34. The van der Waals surface area contributed by atoms with Crippen molar-refractivity contribution in [3.63, 3.8) is 0 Å². The van der Waals surface area contributed by atoms with Gasteiger partial charge in [-0.1, -0.05) is 34.6 Å². The standard InChI is InChI=1S/C17H34N4/c1-7-12-21-14-15(13-19-21)16(18-9-3)17(6,8-2)20(10-4)11-5/h13-14,16,18H,7-12H2,1-6H3. The number of hydrogen-bond acceptors (Lipinski definition) is 3. The van der Waals surface area contributed by atoms with Gasteiger partial charge in [0.1, 0.15) is 0 Å². The van der Waals surface area contributed by atoms with Crippen LogP contribution in [-0.4, -0.2) is 39.9 Å². The van der Waals surface area contributed by atoms with Crippen LogP contribution in [0.5, 0.6) is 0 Å². The molecule has 1 N–H and O–H groups in total. The van der Waals surface area contributed by atoms with Gasteiger partial charge in [0.15, 0.2) is 0 Å². The van der Waals surface area contributed by atoms with Gasteiger partial charge in [0, 0.05) is 23.8 Å². The van der Waals surface area contributed by atoms with Crippen LogP contribution in [0.25, 0.3) is 0 Å². The molecule has 122 valence electrons. The molecule has 1 rings (SSSR count). The number of likely N-dealkylation sites (N-methyl/N-ethyl adjacent to an activating group) is 2. The van der Waals surface area contributed by atoms with Crippen LogP contribution < -0.4 is 5.32 Å². The van der Waals surface area contributed by atoms with Crippen molar-refractivity contribution in [2.75, 3.05) is 19.6 Å². The van der Waals surface area contributed by atoms with E-state index in [0.29, 0.717) is 6.04 Å². The summed E-state index contributed by atoms with van der Waals surface area (Å²) in [4.78, 5) is 2.57. The molecule has 0 saturated carbocycles. The van der Waals surface area contributed by atoms with Crippen molar-refractivity contribution in [1.82, 2.24) is 20.0 Å². The molecule has 2 unspecified atom stereocenters. The third-order valence-corrected chi connectivity index (χ3v) is 4.67. The van der Waals surface area contributed by atoms with Gasteiger partial charge in [-0.15, -0.1) is 0 Å². The third kappa shape index (κ3) is 4.07. The van der Waals surface area contributed by atoms with Crippen LogP contribution in [0.2, 0.25) is 0 Å². The van der Waals surface area contributed by atoms with Crippen molar-refractivity contribution in [3.05, 3.63) is 18.0 Å². The summed E-state index contributed by atoms with van der Waals surface area (Å²) in [5, 5.41) is 8.23. The monoisotopic (exact) mass is 294 g/mol. The zero-order chi connectivity index (χ0) is 15.9. The average molecular weight is 294 g/mol. The Kier molecular flexibility index (Phi) is 7.40. The van der Waals surface area contributed by atoms with Crippen molar-refractivity contribution in [2.24, 2.45) is 0 Å². The van der Waals surface area contributed by atoms with Crippen molar-refractivity contribution in [1.29, 1.82) is 0 Å². The largest absolute Gasteiger partial charge is 0.309 e. The minimum Gasteiger partial charge on any atom is -0.309 e. The first-order chi connectivity index (χ1) is 10.1. The fourth-order valence-corrected chi connectivity index (χ4v) is 3.34. The van der Waals surface area contributed by atoms with E-state index in [4.69, 9.17) is 0 Å². The molecule has 0 radical (unpaired) electrons. The molecule has 4 heteroatoms. The highest BCUT2D eigenvalue weighted by molar-refractivity contribution is 5.17. The molecule has 0 spiro atoms. The normalized spacial score (nSPS) is 16.1. The van der Waals surface area contributed by atoms with E-state index < -0.39 is 0 Å². The minimum atomic E-state index is 0.111. The van der Waals surface area contributed by atoms with Gasteiger partial charge in [-0.3, -0.25) is 9.58 Å². The Balaban J connectivity index is 3.11. The molecular weight excluding hydrogens is 260 g/mol. The van der Waals surface area contributed by atoms with Crippen LogP contribution in [0.3, 0.4) is 0 Å². The van der Waals surface area contributed by atoms with Gasteiger partial charge < -0.3 is 5.32 Å². The van der Waals surface area contributed by atoms with E-state index in [-0.39, 0.29) is 5.54 Å². The lowest BCUT2D eigenvalue weighted by Gasteiger charge is -2.45. The molecule has 0 bridgehead atoms. The second kappa shape index (κ2) is 8.54. The lowest BCUT2D eigenvalue weighted by Crippen LogP contribution is -2.54. The van der Waals surface area contributed by atoms with Gasteiger partial charge in [0.2, 0.25) is 0 Å². The Bertz CT molecular complexity index is 397. The van der Waals surface area contributed by atoms with E-state index in [2.05, 4.69) is 67.7 Å². The predicted octanol–water partition coefficient (Wildman–Crippen LogP) is 3.45. The Hall–Kier alpha value is -0.870. The number of aryl methyl sites for hydroxylation is 1. The lowest BCUT2D eigenvalue weighted by molar-refractivity contribution is 0.0704. The summed E-state index contributed by atoms with van der Waals surface area (Å²) in [5.41, 5.74) is 1.42. The van der Waals surface area contributed by atoms with Crippen LogP contribution >= 0.6 is 0 Å². The summed E-state index contributed by atoms with van der Waals surface area (Å²) in [6.07, 6.45) is 6.49. The van der Waals surface area contributed by atoms with Gasteiger partial charge in [0.25, 0.3) is 0 Å². The van der Waals surface area contributed by atoms with E-state index in [0.717, 1.165) is 39.0 Å². The van der Waals surface area contributed by atoms with Crippen molar-refractivity contribution >= 4 is 0 Å². The lowest BCUT2D eigenvalue weighted by atomic mass is 9.83. The van der Waals surface area contributed by atoms with Crippen LogP contribution in [0.15, 0.2) is 12.4 Å². The zero-order valence-electron chi connectivity index (χ0n) is 14.8. The molecule has 0 aliphatic heterocycles. The zero-order valence-corrected chi connectivity index (χ0v) is 14.8.